The Kier molecular flexibility index (Phi) is 9.06. The highest BCUT2D eigenvalue weighted by molar-refractivity contribution is 6.12. The van der Waals surface area contributed by atoms with Crippen molar-refractivity contribution in [3.8, 4) is 22.5 Å². The number of aromatic nitrogens is 6. The molecule has 0 N–H and O–H groups in total. The quantitative estimate of drug-likeness (QED) is 0.151. The van der Waals surface area contributed by atoms with Crippen LogP contribution in [0.1, 0.15) is 25.0 Å². The molecule has 0 aliphatic heterocycles. The first-order valence-electron chi connectivity index (χ1n) is 24.0. The van der Waals surface area contributed by atoms with Crippen molar-refractivity contribution >= 4 is 88.5 Å². The number of nitrogens with zero attached hydrogens (tertiary/aromatic N) is 8. The molecule has 9 aromatic carbocycles. The first-order valence-corrected chi connectivity index (χ1v) is 24.0. The predicted molar refractivity (Wildman–Crippen MR) is 291 cm³/mol. The van der Waals surface area contributed by atoms with E-state index in [4.69, 9.17) is 0 Å². The Morgan fingerprint density at radius 3 is 1.28 bits per heavy atom. The van der Waals surface area contributed by atoms with Crippen molar-refractivity contribution < 1.29 is 0 Å². The Morgan fingerprint density at radius 1 is 0.352 bits per heavy atom. The standard InChI is InChI=1S/C63H44N8/c1-63(2)55-33-45(68(46-35-64-39-65-36-46)41-15-13-17-43(31-41)70-57-25-9-5-19-48(57)49-20-6-10-26-58(49)70)29-30-54(55)62-53-24-4-3-23-52(53)61(34-56(62)63)69(47-37-66-40-67-38-47)42-16-14-18-44(32-42)71-59-27-11-7-21-50(59)51-22-8-12-28-60(51)71/h3-40H,1-2H3. The van der Waals surface area contributed by atoms with Crippen LogP contribution in [-0.2, 0) is 5.41 Å². The summed E-state index contributed by atoms with van der Waals surface area (Å²) in [5, 5.41) is 7.23. The fraction of sp³-hybridized carbons (Fsp3) is 0.0476. The molecule has 0 radical (unpaired) electrons. The lowest BCUT2D eigenvalue weighted by atomic mass is 9.81. The highest BCUT2D eigenvalue weighted by Gasteiger charge is 2.39. The minimum absolute atomic E-state index is 0.396. The van der Waals surface area contributed by atoms with Gasteiger partial charge >= 0.3 is 0 Å². The first kappa shape index (κ1) is 40.6. The van der Waals surface area contributed by atoms with Gasteiger partial charge in [-0.3, -0.25) is 0 Å². The van der Waals surface area contributed by atoms with E-state index in [1.165, 1.54) is 60.2 Å². The van der Waals surface area contributed by atoms with E-state index < -0.39 is 5.41 Å². The summed E-state index contributed by atoms with van der Waals surface area (Å²) < 4.78 is 4.74. The molecule has 0 spiro atoms. The van der Waals surface area contributed by atoms with Crippen LogP contribution in [0.4, 0.5) is 34.1 Å². The van der Waals surface area contributed by atoms with E-state index in [0.29, 0.717) is 0 Å². The van der Waals surface area contributed by atoms with Crippen molar-refractivity contribution in [2.24, 2.45) is 0 Å². The maximum Gasteiger partial charge on any atom is 0.115 e. The van der Waals surface area contributed by atoms with E-state index in [0.717, 1.165) is 61.9 Å². The molecule has 336 valence electrons. The van der Waals surface area contributed by atoms with E-state index in [-0.39, 0.29) is 0 Å². The van der Waals surface area contributed by atoms with Gasteiger partial charge in [0.15, 0.2) is 0 Å². The van der Waals surface area contributed by atoms with Gasteiger partial charge in [-0.1, -0.05) is 129 Å². The molecular weight excluding hydrogens is 869 g/mol. The third-order valence-electron chi connectivity index (χ3n) is 14.6. The average Bonchev–Trinajstić information content (AvgIpc) is 4.03. The summed E-state index contributed by atoms with van der Waals surface area (Å²) in [5.41, 5.74) is 17.2. The van der Waals surface area contributed by atoms with E-state index in [9.17, 15) is 0 Å². The van der Waals surface area contributed by atoms with Gasteiger partial charge in [0.2, 0.25) is 0 Å². The molecule has 0 fully saturated rings. The Labute approximate surface area is 410 Å². The van der Waals surface area contributed by atoms with Crippen LogP contribution in [0.3, 0.4) is 0 Å². The summed E-state index contributed by atoms with van der Waals surface area (Å²) in [6, 6.07) is 70.4. The topological polar surface area (TPSA) is 67.9 Å². The van der Waals surface area contributed by atoms with Crippen LogP contribution >= 0.6 is 0 Å². The number of rotatable bonds is 8. The lowest BCUT2D eigenvalue weighted by Gasteiger charge is -2.30. The van der Waals surface area contributed by atoms with E-state index in [1.54, 1.807) is 12.7 Å². The molecule has 1 aliphatic rings. The number of anilines is 6. The number of hydrogen-bond donors (Lipinski definition) is 0. The van der Waals surface area contributed by atoms with Crippen molar-refractivity contribution in [3.63, 3.8) is 0 Å². The van der Waals surface area contributed by atoms with Crippen molar-refractivity contribution in [3.05, 3.63) is 243 Å². The van der Waals surface area contributed by atoms with E-state index in [2.05, 4.69) is 247 Å². The second kappa shape index (κ2) is 15.8. The molecule has 0 bridgehead atoms. The van der Waals surface area contributed by atoms with Gasteiger partial charge in [-0.2, -0.15) is 0 Å². The van der Waals surface area contributed by atoms with Crippen LogP contribution in [0.5, 0.6) is 0 Å². The normalized spacial score (nSPS) is 12.8. The second-order valence-electron chi connectivity index (χ2n) is 18.9. The van der Waals surface area contributed by atoms with Crippen LogP contribution < -0.4 is 9.80 Å². The summed E-state index contributed by atoms with van der Waals surface area (Å²) in [6.45, 7) is 4.72. The van der Waals surface area contributed by atoms with E-state index >= 15 is 0 Å². The van der Waals surface area contributed by atoms with Gasteiger partial charge in [0, 0.05) is 60.8 Å². The average molecular weight is 913 g/mol. The maximum atomic E-state index is 4.57. The Balaban J connectivity index is 0.927. The summed E-state index contributed by atoms with van der Waals surface area (Å²) in [4.78, 5) is 22.8. The van der Waals surface area contributed by atoms with Gasteiger partial charge in [0.05, 0.1) is 63.9 Å². The molecule has 4 aromatic heterocycles. The molecular formula is C63H44N8. The van der Waals surface area contributed by atoms with Crippen molar-refractivity contribution in [2.75, 3.05) is 9.80 Å². The van der Waals surface area contributed by atoms with Gasteiger partial charge in [0.1, 0.15) is 12.7 Å². The molecule has 4 heterocycles. The molecule has 14 rings (SSSR count). The molecule has 0 amide bonds. The van der Waals surface area contributed by atoms with Crippen molar-refractivity contribution in [2.45, 2.75) is 19.3 Å². The van der Waals surface area contributed by atoms with E-state index in [1.807, 2.05) is 24.8 Å². The molecule has 8 heteroatoms. The Hall–Kier alpha value is -9.40. The largest absolute Gasteiger partial charge is 0.309 e. The summed E-state index contributed by atoms with van der Waals surface area (Å²) in [5.74, 6) is 0. The SMILES string of the molecule is CC1(C)c2cc(N(c3cncnc3)c3cccc(-n4c5ccccc5c5ccccc54)c3)ccc2-c2c1cc(N(c1cncnc1)c1cccc(-n3c4ccccc4c4ccccc43)c1)c1ccccc21. The van der Waals surface area contributed by atoms with Crippen LogP contribution in [0.25, 0.3) is 76.9 Å². The van der Waals surface area contributed by atoms with Crippen LogP contribution in [0, 0.1) is 0 Å². The second-order valence-corrected chi connectivity index (χ2v) is 18.9. The lowest BCUT2D eigenvalue weighted by Crippen LogP contribution is -2.18. The zero-order valence-corrected chi connectivity index (χ0v) is 39.0. The molecule has 1 aliphatic carbocycles. The van der Waals surface area contributed by atoms with Gasteiger partial charge < -0.3 is 18.9 Å². The smallest absolute Gasteiger partial charge is 0.115 e. The minimum Gasteiger partial charge on any atom is -0.309 e. The lowest BCUT2D eigenvalue weighted by molar-refractivity contribution is 0.661. The summed E-state index contributed by atoms with van der Waals surface area (Å²) >= 11 is 0. The third-order valence-corrected chi connectivity index (χ3v) is 14.6. The molecule has 0 unspecified atom stereocenters. The molecule has 13 aromatic rings. The zero-order chi connectivity index (χ0) is 47.2. The third kappa shape index (κ3) is 6.24. The molecule has 0 saturated carbocycles. The first-order chi connectivity index (χ1) is 35.0. The van der Waals surface area contributed by atoms with Crippen LogP contribution in [-0.4, -0.2) is 29.1 Å². The maximum absolute atomic E-state index is 4.57. The van der Waals surface area contributed by atoms with Crippen molar-refractivity contribution in [1.82, 2.24) is 29.1 Å². The molecule has 8 nitrogen and oxygen atoms in total. The number of hydrogen-bond acceptors (Lipinski definition) is 6. The molecule has 71 heavy (non-hydrogen) atoms. The Bertz CT molecular complexity index is 4120. The van der Waals surface area contributed by atoms with Crippen LogP contribution in [0.15, 0.2) is 232 Å². The van der Waals surface area contributed by atoms with Gasteiger partial charge in [-0.05, 0) is 107 Å². The summed E-state index contributed by atoms with van der Waals surface area (Å²) in [7, 11) is 0. The van der Waals surface area contributed by atoms with Crippen molar-refractivity contribution in [1.29, 1.82) is 0 Å². The van der Waals surface area contributed by atoms with Gasteiger partial charge in [0.25, 0.3) is 0 Å². The minimum atomic E-state index is -0.396. The Morgan fingerprint density at radius 2 is 0.775 bits per heavy atom. The number of para-hydroxylation sites is 4. The summed E-state index contributed by atoms with van der Waals surface area (Å²) in [6.07, 6.45) is 10.8. The predicted octanol–water partition coefficient (Wildman–Crippen LogP) is 15.9. The number of benzene rings is 9. The monoisotopic (exact) mass is 912 g/mol. The highest BCUT2D eigenvalue weighted by Crippen LogP contribution is 2.56. The fourth-order valence-corrected chi connectivity index (χ4v) is 11.5. The van der Waals surface area contributed by atoms with Gasteiger partial charge in [-0.15, -0.1) is 0 Å². The van der Waals surface area contributed by atoms with Crippen LogP contribution in [0.2, 0.25) is 0 Å². The fourth-order valence-electron chi connectivity index (χ4n) is 11.5. The molecule has 0 atom stereocenters. The highest BCUT2D eigenvalue weighted by atomic mass is 15.2. The number of fused-ring (bicyclic) bond motifs is 11. The zero-order valence-electron chi connectivity index (χ0n) is 39.0. The van der Waals surface area contributed by atoms with Gasteiger partial charge in [-0.25, -0.2) is 19.9 Å². The molecule has 0 saturated heterocycles.